The Hall–Kier alpha value is -1.92. The molecule has 23 heavy (non-hydrogen) atoms. The number of hydrogen-bond donors (Lipinski definition) is 0. The van der Waals surface area contributed by atoms with E-state index in [0.29, 0.717) is 23.0 Å². The van der Waals surface area contributed by atoms with E-state index < -0.39 is 45.0 Å². The molecule has 0 radical (unpaired) electrons. The maximum absolute atomic E-state index is 13.1. The van der Waals surface area contributed by atoms with Crippen LogP contribution in [0.15, 0.2) is 18.5 Å². The number of benzene rings is 1. The number of rotatable bonds is 1. The molecule has 1 aromatic carbocycles. The molecule has 1 heterocycles. The summed E-state index contributed by atoms with van der Waals surface area (Å²) in [5.74, 6) is 0. The number of hydrogen-bond acceptors (Lipinski definition) is 2. The Labute approximate surface area is 134 Å². The number of imidazole rings is 1. The Kier molecular flexibility index (Phi) is 4.26. The standard InChI is InChI=1S/C12H3Cl2F6N3/c13-6-1-5(11(15,16)17)2-7(14)9(6)23-4-22-8(3-21)10(23)12(18,19)20/h1-2,4H. The molecule has 122 valence electrons. The molecule has 0 saturated heterocycles. The molecule has 0 fully saturated rings. The molecular formula is C12H3Cl2F6N3. The van der Waals surface area contributed by atoms with Crippen LogP contribution in [0.1, 0.15) is 17.0 Å². The molecule has 0 saturated carbocycles. The van der Waals surface area contributed by atoms with Gasteiger partial charge in [0.2, 0.25) is 0 Å². The number of halogens is 8. The minimum absolute atomic E-state index is 0.337. The maximum Gasteiger partial charge on any atom is 0.434 e. The third-order valence-electron chi connectivity index (χ3n) is 2.73. The quantitative estimate of drug-likeness (QED) is 0.653. The molecule has 1 aromatic heterocycles. The van der Waals surface area contributed by atoms with Gasteiger partial charge in [-0.3, -0.25) is 4.57 Å². The number of aromatic nitrogens is 2. The summed E-state index contributed by atoms with van der Waals surface area (Å²) in [6.07, 6.45) is -9.15. The van der Waals surface area contributed by atoms with Gasteiger partial charge in [0.25, 0.3) is 0 Å². The van der Waals surface area contributed by atoms with Crippen molar-refractivity contribution in [2.75, 3.05) is 0 Å². The average molecular weight is 374 g/mol. The normalized spacial score (nSPS) is 12.3. The van der Waals surface area contributed by atoms with Crippen molar-refractivity contribution in [2.24, 2.45) is 0 Å². The predicted molar refractivity (Wildman–Crippen MR) is 68.3 cm³/mol. The molecule has 3 nitrogen and oxygen atoms in total. The zero-order chi connectivity index (χ0) is 17.6. The van der Waals surface area contributed by atoms with Gasteiger partial charge in [0.15, 0.2) is 11.4 Å². The van der Waals surface area contributed by atoms with Crippen LogP contribution in [0.3, 0.4) is 0 Å². The monoisotopic (exact) mass is 373 g/mol. The lowest BCUT2D eigenvalue weighted by atomic mass is 10.2. The number of nitrogens with zero attached hydrogens (tertiary/aromatic N) is 3. The van der Waals surface area contributed by atoms with Crippen molar-refractivity contribution in [1.29, 1.82) is 5.26 Å². The second-order valence-electron chi connectivity index (χ2n) is 4.21. The van der Waals surface area contributed by atoms with Crippen molar-refractivity contribution in [3.63, 3.8) is 0 Å². The van der Waals surface area contributed by atoms with E-state index in [1.165, 1.54) is 6.07 Å². The van der Waals surface area contributed by atoms with Gasteiger partial charge in [0.1, 0.15) is 12.4 Å². The SMILES string of the molecule is N#Cc1ncn(-c2c(Cl)cc(C(F)(F)F)cc2Cl)c1C(F)(F)F. The maximum atomic E-state index is 13.1. The molecule has 0 atom stereocenters. The van der Waals surface area contributed by atoms with Crippen LogP contribution in [0.4, 0.5) is 26.3 Å². The highest BCUT2D eigenvalue weighted by Gasteiger charge is 2.40. The minimum Gasteiger partial charge on any atom is -0.291 e. The lowest BCUT2D eigenvalue weighted by Gasteiger charge is -2.16. The number of alkyl halides is 6. The predicted octanol–water partition coefficient (Wildman–Crippen LogP) is 5.09. The van der Waals surface area contributed by atoms with Gasteiger partial charge in [-0.2, -0.15) is 31.6 Å². The van der Waals surface area contributed by atoms with Gasteiger partial charge in [0.05, 0.1) is 21.3 Å². The third kappa shape index (κ3) is 3.23. The summed E-state index contributed by atoms with van der Waals surface area (Å²) in [6.45, 7) is 0. The fourth-order valence-electron chi connectivity index (χ4n) is 1.83. The molecule has 0 aliphatic rings. The zero-order valence-corrected chi connectivity index (χ0v) is 12.1. The van der Waals surface area contributed by atoms with E-state index in [9.17, 15) is 26.3 Å². The summed E-state index contributed by atoms with van der Waals surface area (Å²) in [5.41, 5.74) is -4.21. The van der Waals surface area contributed by atoms with Crippen LogP contribution in [0.5, 0.6) is 0 Å². The van der Waals surface area contributed by atoms with E-state index in [0.717, 1.165) is 0 Å². The Morgan fingerprint density at radius 1 is 1.00 bits per heavy atom. The highest BCUT2D eigenvalue weighted by Crippen LogP contribution is 2.40. The average Bonchev–Trinajstić information content (AvgIpc) is 2.80. The van der Waals surface area contributed by atoms with Gasteiger partial charge in [-0.25, -0.2) is 4.98 Å². The Bertz CT molecular complexity index is 778. The first-order valence-electron chi connectivity index (χ1n) is 5.58. The summed E-state index contributed by atoms with van der Waals surface area (Å²) in [4.78, 5) is 3.27. The molecule has 11 heteroatoms. The van der Waals surface area contributed by atoms with E-state index in [4.69, 9.17) is 28.5 Å². The van der Waals surface area contributed by atoms with Gasteiger partial charge in [-0.1, -0.05) is 23.2 Å². The molecular weight excluding hydrogens is 371 g/mol. The molecule has 0 N–H and O–H groups in total. The Balaban J connectivity index is 2.75. The van der Waals surface area contributed by atoms with Crippen LogP contribution in [-0.2, 0) is 12.4 Å². The lowest BCUT2D eigenvalue weighted by Crippen LogP contribution is -2.15. The van der Waals surface area contributed by atoms with Gasteiger partial charge in [0, 0.05) is 0 Å². The highest BCUT2D eigenvalue weighted by molar-refractivity contribution is 6.37. The third-order valence-corrected chi connectivity index (χ3v) is 3.30. The van der Waals surface area contributed by atoms with Crippen molar-refractivity contribution < 1.29 is 26.3 Å². The van der Waals surface area contributed by atoms with Crippen molar-refractivity contribution in [3.05, 3.63) is 45.5 Å². The molecule has 2 rings (SSSR count). The summed E-state index contributed by atoms with van der Waals surface area (Å²) in [6, 6.07) is 2.13. The molecule has 0 bridgehead atoms. The van der Waals surface area contributed by atoms with E-state index in [1.807, 2.05) is 0 Å². The second-order valence-corrected chi connectivity index (χ2v) is 5.02. The van der Waals surface area contributed by atoms with Crippen LogP contribution in [0.25, 0.3) is 5.69 Å². The van der Waals surface area contributed by atoms with Crippen molar-refractivity contribution >= 4 is 23.2 Å². The first kappa shape index (κ1) is 17.4. The summed E-state index contributed by atoms with van der Waals surface area (Å²) < 4.78 is 77.5. The van der Waals surface area contributed by atoms with E-state index in [-0.39, 0.29) is 0 Å². The van der Waals surface area contributed by atoms with Crippen LogP contribution >= 0.6 is 23.2 Å². The minimum atomic E-state index is -4.99. The van der Waals surface area contributed by atoms with Gasteiger partial charge in [-0.15, -0.1) is 0 Å². The van der Waals surface area contributed by atoms with Crippen LogP contribution in [-0.4, -0.2) is 9.55 Å². The first-order valence-corrected chi connectivity index (χ1v) is 6.33. The molecule has 0 unspecified atom stereocenters. The highest BCUT2D eigenvalue weighted by atomic mass is 35.5. The molecule has 0 spiro atoms. The Morgan fingerprint density at radius 2 is 1.52 bits per heavy atom. The van der Waals surface area contributed by atoms with Gasteiger partial charge >= 0.3 is 12.4 Å². The van der Waals surface area contributed by atoms with Crippen molar-refractivity contribution in [3.8, 4) is 11.8 Å². The summed E-state index contributed by atoms with van der Waals surface area (Å²) in [7, 11) is 0. The van der Waals surface area contributed by atoms with E-state index >= 15 is 0 Å². The van der Waals surface area contributed by atoms with Crippen LogP contribution in [0.2, 0.25) is 10.0 Å². The second kappa shape index (κ2) is 5.62. The first-order chi connectivity index (χ1) is 10.5. The fourth-order valence-corrected chi connectivity index (χ4v) is 2.50. The number of nitriles is 1. The van der Waals surface area contributed by atoms with Crippen LogP contribution < -0.4 is 0 Å². The van der Waals surface area contributed by atoms with Crippen LogP contribution in [0, 0.1) is 11.3 Å². The van der Waals surface area contributed by atoms with Crippen molar-refractivity contribution in [1.82, 2.24) is 9.55 Å². The van der Waals surface area contributed by atoms with E-state index in [2.05, 4.69) is 4.98 Å². The van der Waals surface area contributed by atoms with E-state index in [1.54, 1.807) is 0 Å². The molecule has 0 aliphatic carbocycles. The summed E-state index contributed by atoms with van der Waals surface area (Å²) in [5, 5.41) is 7.35. The molecule has 0 amide bonds. The largest absolute Gasteiger partial charge is 0.434 e. The van der Waals surface area contributed by atoms with Gasteiger partial charge in [-0.05, 0) is 12.1 Å². The topological polar surface area (TPSA) is 41.6 Å². The smallest absolute Gasteiger partial charge is 0.291 e. The van der Waals surface area contributed by atoms with Gasteiger partial charge < -0.3 is 0 Å². The molecule has 0 aliphatic heterocycles. The molecule has 2 aromatic rings. The van der Waals surface area contributed by atoms with Crippen molar-refractivity contribution in [2.45, 2.75) is 12.4 Å². The zero-order valence-electron chi connectivity index (χ0n) is 10.6. The summed E-state index contributed by atoms with van der Waals surface area (Å²) >= 11 is 11.3. The fraction of sp³-hybridized carbons (Fsp3) is 0.167. The Morgan fingerprint density at radius 3 is 1.91 bits per heavy atom. The lowest BCUT2D eigenvalue weighted by molar-refractivity contribution is -0.142.